The summed E-state index contributed by atoms with van der Waals surface area (Å²) < 4.78 is 29.9. The zero-order chi connectivity index (χ0) is 18.8. The number of carbonyl (C=O) groups is 2. The van der Waals surface area contributed by atoms with Gasteiger partial charge >= 0.3 is 12.1 Å². The molecule has 1 saturated heterocycles. The molecule has 1 heterocycles. The third kappa shape index (κ3) is 4.21. The first-order valence-corrected chi connectivity index (χ1v) is 8.10. The summed E-state index contributed by atoms with van der Waals surface area (Å²) in [5.74, 6) is -1.56. The minimum Gasteiger partial charge on any atom is -0.496 e. The van der Waals surface area contributed by atoms with Gasteiger partial charge in [-0.1, -0.05) is 6.07 Å². The van der Waals surface area contributed by atoms with Gasteiger partial charge in [0.15, 0.2) is 0 Å². The molecule has 2 rings (SSSR count). The molecule has 1 aliphatic heterocycles. The van der Waals surface area contributed by atoms with Crippen LogP contribution in [0.15, 0.2) is 12.1 Å². The summed E-state index contributed by atoms with van der Waals surface area (Å²) in [4.78, 5) is 25.6. The maximum absolute atomic E-state index is 14.9. The van der Waals surface area contributed by atoms with Crippen molar-refractivity contribution >= 4 is 12.1 Å². The smallest absolute Gasteiger partial charge is 0.410 e. The van der Waals surface area contributed by atoms with Gasteiger partial charge in [-0.25, -0.2) is 14.0 Å². The number of hydrogen-bond donors (Lipinski definition) is 0. The lowest BCUT2D eigenvalue weighted by Gasteiger charge is -2.24. The van der Waals surface area contributed by atoms with E-state index >= 15 is 0 Å². The van der Waals surface area contributed by atoms with Gasteiger partial charge < -0.3 is 19.1 Å². The number of esters is 1. The molecule has 1 amide bonds. The standard InChI is InChI=1S/C18H24FNO5/c1-18(2,3)25-17(22)20-9-8-11(10-20)12-6-7-13(23-4)14(15(12)19)16(21)24-5/h6-7,11H,8-10H2,1-5H3. The highest BCUT2D eigenvalue weighted by Crippen LogP contribution is 2.34. The van der Waals surface area contributed by atoms with Gasteiger partial charge in [0.1, 0.15) is 22.7 Å². The molecule has 0 radical (unpaired) electrons. The number of rotatable bonds is 3. The summed E-state index contributed by atoms with van der Waals surface area (Å²) in [7, 11) is 2.55. The van der Waals surface area contributed by atoms with Crippen molar-refractivity contribution < 1.29 is 28.2 Å². The molecule has 7 heteroatoms. The molecular formula is C18H24FNO5. The van der Waals surface area contributed by atoms with E-state index in [4.69, 9.17) is 9.47 Å². The first kappa shape index (κ1) is 19.0. The maximum Gasteiger partial charge on any atom is 0.410 e. The molecule has 25 heavy (non-hydrogen) atoms. The zero-order valence-electron chi connectivity index (χ0n) is 15.2. The van der Waals surface area contributed by atoms with E-state index in [1.165, 1.54) is 14.2 Å². The van der Waals surface area contributed by atoms with Crippen molar-refractivity contribution in [3.8, 4) is 5.75 Å². The summed E-state index contributed by atoms with van der Waals surface area (Å²) in [6, 6.07) is 3.13. The van der Waals surface area contributed by atoms with E-state index in [9.17, 15) is 14.0 Å². The second-order valence-electron chi connectivity index (χ2n) is 6.95. The van der Waals surface area contributed by atoms with Crippen LogP contribution in [0.25, 0.3) is 0 Å². The van der Waals surface area contributed by atoms with Crippen LogP contribution in [0.3, 0.4) is 0 Å². The number of amides is 1. The first-order chi connectivity index (χ1) is 11.7. The minimum absolute atomic E-state index is 0.120. The van der Waals surface area contributed by atoms with Crippen LogP contribution in [0.2, 0.25) is 0 Å². The van der Waals surface area contributed by atoms with Crippen LogP contribution in [-0.2, 0) is 9.47 Å². The van der Waals surface area contributed by atoms with Gasteiger partial charge in [0.25, 0.3) is 0 Å². The molecular weight excluding hydrogens is 329 g/mol. The van der Waals surface area contributed by atoms with E-state index < -0.39 is 23.5 Å². The van der Waals surface area contributed by atoms with Crippen molar-refractivity contribution in [2.75, 3.05) is 27.3 Å². The molecule has 0 bridgehead atoms. The number of ether oxygens (including phenoxy) is 3. The molecule has 0 aliphatic carbocycles. The first-order valence-electron chi connectivity index (χ1n) is 8.10. The molecule has 0 aromatic heterocycles. The van der Waals surface area contributed by atoms with Crippen LogP contribution in [0.5, 0.6) is 5.75 Å². The lowest BCUT2D eigenvalue weighted by Crippen LogP contribution is -2.35. The topological polar surface area (TPSA) is 65.1 Å². The summed E-state index contributed by atoms with van der Waals surface area (Å²) in [6.07, 6.45) is 0.167. The zero-order valence-corrected chi connectivity index (χ0v) is 15.2. The Morgan fingerprint density at radius 2 is 1.92 bits per heavy atom. The predicted octanol–water partition coefficient (Wildman–Crippen LogP) is 3.35. The molecule has 1 fully saturated rings. The summed E-state index contributed by atoms with van der Waals surface area (Å²) in [5, 5.41) is 0. The minimum atomic E-state index is -0.793. The van der Waals surface area contributed by atoms with Crippen LogP contribution < -0.4 is 4.74 Å². The molecule has 1 aromatic carbocycles. The Morgan fingerprint density at radius 3 is 2.48 bits per heavy atom. The molecule has 0 saturated carbocycles. The molecule has 1 aliphatic rings. The summed E-state index contributed by atoms with van der Waals surface area (Å²) in [6.45, 7) is 6.19. The van der Waals surface area contributed by atoms with E-state index in [1.807, 2.05) is 0 Å². The highest BCUT2D eigenvalue weighted by molar-refractivity contribution is 5.93. The number of carbonyl (C=O) groups excluding carboxylic acids is 2. The lowest BCUT2D eigenvalue weighted by atomic mass is 9.95. The van der Waals surface area contributed by atoms with Gasteiger partial charge in [-0.3, -0.25) is 0 Å². The third-order valence-electron chi connectivity index (χ3n) is 4.02. The predicted molar refractivity (Wildman–Crippen MR) is 89.5 cm³/mol. The Morgan fingerprint density at radius 1 is 1.24 bits per heavy atom. The molecule has 1 atom stereocenters. The number of halogens is 1. The second kappa shape index (κ2) is 7.29. The summed E-state index contributed by atoms with van der Waals surface area (Å²) in [5.41, 5.74) is -0.441. The quantitative estimate of drug-likeness (QED) is 0.780. The Hall–Kier alpha value is -2.31. The van der Waals surface area contributed by atoms with Crippen LogP contribution in [-0.4, -0.2) is 49.9 Å². The number of benzene rings is 1. The molecule has 138 valence electrons. The maximum atomic E-state index is 14.9. The average molecular weight is 353 g/mol. The fraction of sp³-hybridized carbons (Fsp3) is 0.556. The molecule has 6 nitrogen and oxygen atoms in total. The molecule has 1 aromatic rings. The van der Waals surface area contributed by atoms with E-state index in [2.05, 4.69) is 4.74 Å². The highest BCUT2D eigenvalue weighted by Gasteiger charge is 2.33. The van der Waals surface area contributed by atoms with Crippen molar-refractivity contribution in [1.82, 2.24) is 4.90 Å². The van der Waals surface area contributed by atoms with Gasteiger partial charge in [-0.2, -0.15) is 0 Å². The SMILES string of the molecule is COC(=O)c1c(OC)ccc(C2CCN(C(=O)OC(C)(C)C)C2)c1F. The summed E-state index contributed by atoms with van der Waals surface area (Å²) >= 11 is 0. The Balaban J connectivity index is 2.23. The fourth-order valence-electron chi connectivity index (χ4n) is 2.86. The third-order valence-corrected chi connectivity index (χ3v) is 4.02. The number of hydrogen-bond acceptors (Lipinski definition) is 5. The van der Waals surface area contributed by atoms with Crippen molar-refractivity contribution in [3.63, 3.8) is 0 Å². The van der Waals surface area contributed by atoms with Crippen LogP contribution in [0.4, 0.5) is 9.18 Å². The van der Waals surface area contributed by atoms with Gasteiger partial charge in [0, 0.05) is 19.0 Å². The number of nitrogens with zero attached hydrogens (tertiary/aromatic N) is 1. The van der Waals surface area contributed by atoms with Crippen LogP contribution in [0.1, 0.15) is 49.0 Å². The Labute approximate surface area is 146 Å². The van der Waals surface area contributed by atoms with Gasteiger partial charge in [-0.05, 0) is 38.8 Å². The van der Waals surface area contributed by atoms with Crippen molar-refractivity contribution in [2.24, 2.45) is 0 Å². The average Bonchev–Trinajstić information content (AvgIpc) is 3.02. The van der Waals surface area contributed by atoms with Crippen molar-refractivity contribution in [2.45, 2.75) is 38.7 Å². The Bertz CT molecular complexity index is 668. The van der Waals surface area contributed by atoms with Gasteiger partial charge in [-0.15, -0.1) is 0 Å². The van der Waals surface area contributed by atoms with E-state index in [-0.39, 0.29) is 17.2 Å². The molecule has 0 N–H and O–H groups in total. The van der Waals surface area contributed by atoms with Crippen LogP contribution >= 0.6 is 0 Å². The molecule has 1 unspecified atom stereocenters. The van der Waals surface area contributed by atoms with E-state index in [1.54, 1.807) is 37.8 Å². The highest BCUT2D eigenvalue weighted by atomic mass is 19.1. The van der Waals surface area contributed by atoms with Crippen molar-refractivity contribution in [3.05, 3.63) is 29.1 Å². The lowest BCUT2D eigenvalue weighted by molar-refractivity contribution is 0.0292. The normalized spacial score (nSPS) is 17.4. The fourth-order valence-corrected chi connectivity index (χ4v) is 2.86. The second-order valence-corrected chi connectivity index (χ2v) is 6.95. The Kier molecular flexibility index (Phi) is 5.55. The molecule has 0 spiro atoms. The van der Waals surface area contributed by atoms with E-state index in [0.717, 1.165) is 0 Å². The number of likely N-dealkylation sites (tertiary alicyclic amines) is 1. The van der Waals surface area contributed by atoms with Crippen molar-refractivity contribution in [1.29, 1.82) is 0 Å². The largest absolute Gasteiger partial charge is 0.496 e. The van der Waals surface area contributed by atoms with Gasteiger partial charge in [0.2, 0.25) is 0 Å². The monoisotopic (exact) mass is 353 g/mol. The van der Waals surface area contributed by atoms with E-state index in [0.29, 0.717) is 25.1 Å². The number of methoxy groups -OCH3 is 2. The van der Waals surface area contributed by atoms with Gasteiger partial charge in [0.05, 0.1) is 14.2 Å². The van der Waals surface area contributed by atoms with Crippen LogP contribution in [0, 0.1) is 5.82 Å².